The molecule has 1 spiro atoms. The first-order chi connectivity index (χ1) is 11.2. The number of piperidine rings is 1. The Kier molecular flexibility index (Phi) is 4.96. The molecule has 0 amide bonds. The van der Waals surface area contributed by atoms with Gasteiger partial charge in [-0.05, 0) is 64.1 Å². The molecule has 1 N–H and O–H groups in total. The summed E-state index contributed by atoms with van der Waals surface area (Å²) in [5, 5.41) is 3.43. The molecule has 1 aliphatic carbocycles. The fourth-order valence-corrected chi connectivity index (χ4v) is 5.38. The normalized spacial score (nSPS) is 35.9. The van der Waals surface area contributed by atoms with Gasteiger partial charge in [0.05, 0.1) is 12.2 Å². The fourth-order valence-electron chi connectivity index (χ4n) is 5.38. The van der Waals surface area contributed by atoms with E-state index < -0.39 is 0 Å². The standard InChI is InChI=1S/C19H35N3O/c1-2-21-12-19(13-21)14-22(15-19)11-16-3-5-17(6-4-16)23-18-7-9-20-10-8-18/h16-18,20H,2-15H2,1H3. The van der Waals surface area contributed by atoms with Crippen LogP contribution in [0, 0.1) is 11.3 Å². The third-order valence-electron chi connectivity index (χ3n) is 6.66. The Labute approximate surface area is 141 Å². The zero-order valence-corrected chi connectivity index (χ0v) is 14.9. The van der Waals surface area contributed by atoms with Crippen LogP contribution in [0.5, 0.6) is 0 Å². The average molecular weight is 322 g/mol. The second-order valence-electron chi connectivity index (χ2n) is 8.70. The van der Waals surface area contributed by atoms with Gasteiger partial charge in [-0.3, -0.25) is 0 Å². The summed E-state index contributed by atoms with van der Waals surface area (Å²) in [6, 6.07) is 0. The number of likely N-dealkylation sites (tertiary alicyclic amines) is 2. The Morgan fingerprint density at radius 3 is 2.13 bits per heavy atom. The lowest BCUT2D eigenvalue weighted by Gasteiger charge is -2.61. The van der Waals surface area contributed by atoms with Crippen molar-refractivity contribution in [3.8, 4) is 0 Å². The predicted octanol–water partition coefficient (Wildman–Crippen LogP) is 1.95. The van der Waals surface area contributed by atoms with Crippen molar-refractivity contribution in [1.29, 1.82) is 0 Å². The molecule has 23 heavy (non-hydrogen) atoms. The molecule has 3 heterocycles. The van der Waals surface area contributed by atoms with Gasteiger partial charge in [0.25, 0.3) is 0 Å². The van der Waals surface area contributed by atoms with Crippen molar-refractivity contribution < 1.29 is 4.74 Å². The van der Waals surface area contributed by atoms with Crippen molar-refractivity contribution in [3.05, 3.63) is 0 Å². The van der Waals surface area contributed by atoms with Gasteiger partial charge in [-0.1, -0.05) is 6.92 Å². The first kappa shape index (κ1) is 16.3. The quantitative estimate of drug-likeness (QED) is 0.838. The summed E-state index contributed by atoms with van der Waals surface area (Å²) in [6.45, 7) is 12.6. The van der Waals surface area contributed by atoms with E-state index in [2.05, 4.69) is 22.0 Å². The summed E-state index contributed by atoms with van der Waals surface area (Å²) >= 11 is 0. The maximum Gasteiger partial charge on any atom is 0.0603 e. The highest BCUT2D eigenvalue weighted by molar-refractivity contribution is 5.05. The van der Waals surface area contributed by atoms with Crippen molar-refractivity contribution in [1.82, 2.24) is 15.1 Å². The molecule has 132 valence electrons. The molecule has 0 aromatic carbocycles. The molecule has 4 fully saturated rings. The highest BCUT2D eigenvalue weighted by Gasteiger charge is 2.51. The highest BCUT2D eigenvalue weighted by Crippen LogP contribution is 2.40. The Hall–Kier alpha value is -0.160. The summed E-state index contributed by atoms with van der Waals surface area (Å²) in [5.74, 6) is 0.933. The molecular formula is C19H35N3O. The van der Waals surface area contributed by atoms with Gasteiger partial charge < -0.3 is 19.9 Å². The third kappa shape index (κ3) is 3.76. The average Bonchev–Trinajstić information content (AvgIpc) is 2.51. The second kappa shape index (κ2) is 6.99. The first-order valence-corrected chi connectivity index (χ1v) is 10.1. The molecule has 4 nitrogen and oxygen atoms in total. The molecule has 0 bridgehead atoms. The van der Waals surface area contributed by atoms with Crippen LogP contribution in [-0.4, -0.2) is 74.4 Å². The monoisotopic (exact) mass is 321 g/mol. The van der Waals surface area contributed by atoms with Gasteiger partial charge >= 0.3 is 0 Å². The van der Waals surface area contributed by atoms with E-state index in [0.717, 1.165) is 19.0 Å². The van der Waals surface area contributed by atoms with E-state index in [0.29, 0.717) is 17.6 Å². The lowest BCUT2D eigenvalue weighted by Crippen LogP contribution is -2.72. The van der Waals surface area contributed by atoms with E-state index in [-0.39, 0.29) is 0 Å². The van der Waals surface area contributed by atoms with Gasteiger partial charge in [0, 0.05) is 38.1 Å². The van der Waals surface area contributed by atoms with Crippen molar-refractivity contribution in [2.75, 3.05) is 52.4 Å². The Morgan fingerprint density at radius 2 is 1.48 bits per heavy atom. The van der Waals surface area contributed by atoms with E-state index in [4.69, 9.17) is 4.74 Å². The maximum absolute atomic E-state index is 6.35. The molecular weight excluding hydrogens is 286 g/mol. The first-order valence-electron chi connectivity index (χ1n) is 10.1. The van der Waals surface area contributed by atoms with Crippen LogP contribution in [0.3, 0.4) is 0 Å². The predicted molar refractivity (Wildman–Crippen MR) is 93.7 cm³/mol. The molecule has 3 saturated heterocycles. The molecule has 4 aliphatic rings. The lowest BCUT2D eigenvalue weighted by atomic mass is 9.72. The van der Waals surface area contributed by atoms with Crippen LogP contribution in [0.15, 0.2) is 0 Å². The SMILES string of the molecule is CCN1CC2(C1)CN(CC1CCC(OC3CCNCC3)CC1)C2. The van der Waals surface area contributed by atoms with Crippen LogP contribution in [0.25, 0.3) is 0 Å². The summed E-state index contributed by atoms with van der Waals surface area (Å²) in [6.07, 6.45) is 8.90. The van der Waals surface area contributed by atoms with Crippen LogP contribution < -0.4 is 5.32 Å². The summed E-state index contributed by atoms with van der Waals surface area (Å²) in [5.41, 5.74) is 0.700. The molecule has 0 aromatic rings. The van der Waals surface area contributed by atoms with Gasteiger partial charge in [0.2, 0.25) is 0 Å². The van der Waals surface area contributed by atoms with E-state index in [1.807, 2.05) is 0 Å². The van der Waals surface area contributed by atoms with E-state index in [9.17, 15) is 0 Å². The number of hydrogen-bond acceptors (Lipinski definition) is 4. The maximum atomic E-state index is 6.35. The van der Waals surface area contributed by atoms with E-state index in [1.165, 1.54) is 77.8 Å². The largest absolute Gasteiger partial charge is 0.375 e. The van der Waals surface area contributed by atoms with Crippen LogP contribution >= 0.6 is 0 Å². The molecule has 0 radical (unpaired) electrons. The Bertz CT molecular complexity index is 374. The van der Waals surface area contributed by atoms with Crippen molar-refractivity contribution in [2.24, 2.45) is 11.3 Å². The summed E-state index contributed by atoms with van der Waals surface area (Å²) in [4.78, 5) is 5.31. The number of nitrogens with zero attached hydrogens (tertiary/aromatic N) is 2. The lowest BCUT2D eigenvalue weighted by molar-refractivity contribution is -0.120. The van der Waals surface area contributed by atoms with Crippen LogP contribution in [0.4, 0.5) is 0 Å². The highest BCUT2D eigenvalue weighted by atomic mass is 16.5. The molecule has 0 aromatic heterocycles. The molecule has 4 rings (SSSR count). The number of rotatable bonds is 5. The van der Waals surface area contributed by atoms with Crippen LogP contribution in [0.2, 0.25) is 0 Å². The topological polar surface area (TPSA) is 27.7 Å². The molecule has 4 heteroatoms. The summed E-state index contributed by atoms with van der Waals surface area (Å²) in [7, 11) is 0. The second-order valence-corrected chi connectivity index (χ2v) is 8.70. The number of nitrogens with one attached hydrogen (secondary N) is 1. The van der Waals surface area contributed by atoms with Crippen molar-refractivity contribution >= 4 is 0 Å². The smallest absolute Gasteiger partial charge is 0.0603 e. The molecule has 0 unspecified atom stereocenters. The van der Waals surface area contributed by atoms with Crippen LogP contribution in [0.1, 0.15) is 45.4 Å². The zero-order valence-electron chi connectivity index (χ0n) is 14.9. The minimum Gasteiger partial charge on any atom is -0.375 e. The van der Waals surface area contributed by atoms with Gasteiger partial charge in [-0.15, -0.1) is 0 Å². The third-order valence-corrected chi connectivity index (χ3v) is 6.66. The van der Waals surface area contributed by atoms with Crippen molar-refractivity contribution in [2.45, 2.75) is 57.7 Å². The number of ether oxygens (including phenoxy) is 1. The molecule has 1 saturated carbocycles. The van der Waals surface area contributed by atoms with E-state index in [1.54, 1.807) is 0 Å². The Morgan fingerprint density at radius 1 is 0.870 bits per heavy atom. The molecule has 3 aliphatic heterocycles. The fraction of sp³-hybridized carbons (Fsp3) is 1.00. The van der Waals surface area contributed by atoms with E-state index >= 15 is 0 Å². The minimum atomic E-state index is 0.535. The van der Waals surface area contributed by atoms with Gasteiger partial charge in [-0.2, -0.15) is 0 Å². The van der Waals surface area contributed by atoms with Gasteiger partial charge in [0.1, 0.15) is 0 Å². The summed E-state index contributed by atoms with van der Waals surface area (Å²) < 4.78 is 6.35. The number of hydrogen-bond donors (Lipinski definition) is 1. The van der Waals surface area contributed by atoms with Crippen molar-refractivity contribution in [3.63, 3.8) is 0 Å². The van der Waals surface area contributed by atoms with Gasteiger partial charge in [0.15, 0.2) is 0 Å². The van der Waals surface area contributed by atoms with Crippen LogP contribution in [-0.2, 0) is 4.74 Å². The van der Waals surface area contributed by atoms with Gasteiger partial charge in [-0.25, -0.2) is 0 Å². The molecule has 0 atom stereocenters. The zero-order chi connectivity index (χ0) is 15.7. The Balaban J connectivity index is 1.11. The minimum absolute atomic E-state index is 0.535.